The molecule has 57 heavy (non-hydrogen) atoms. The van der Waals surface area contributed by atoms with E-state index in [9.17, 15) is 0 Å². The highest BCUT2D eigenvalue weighted by Crippen LogP contribution is 2.53. The van der Waals surface area contributed by atoms with Crippen molar-refractivity contribution in [2.75, 3.05) is 0 Å². The van der Waals surface area contributed by atoms with E-state index >= 15 is 0 Å². The number of nitrogens with zero attached hydrogens (tertiary/aromatic N) is 4. The largest absolute Gasteiger partial charge is 0.256 e. The zero-order valence-electron chi connectivity index (χ0n) is 31.6. The topological polar surface area (TPSA) is 43.0 Å². The minimum absolute atomic E-state index is 0.256. The maximum Gasteiger partial charge on any atom is 0.195 e. The summed E-state index contributed by atoms with van der Waals surface area (Å²) in [6.07, 6.45) is 1.84. The van der Waals surface area contributed by atoms with Crippen molar-refractivity contribution in [2.45, 2.75) is 19.3 Å². The zero-order valence-corrected chi connectivity index (χ0v) is 31.6. The molecule has 4 heteroatoms. The van der Waals surface area contributed by atoms with Crippen molar-refractivity contribution in [1.82, 2.24) is 15.0 Å². The number of hydrogen-bond donors (Lipinski definition) is 0. The third kappa shape index (κ3) is 6.07. The van der Waals surface area contributed by atoms with Crippen LogP contribution in [-0.4, -0.2) is 15.0 Å². The van der Waals surface area contributed by atoms with Crippen LogP contribution in [0.5, 0.6) is 0 Å². The van der Waals surface area contributed by atoms with Crippen LogP contribution in [0.4, 0.5) is 5.69 Å². The lowest BCUT2D eigenvalue weighted by Crippen LogP contribution is -2.14. The molecule has 0 aliphatic heterocycles. The average molecular weight is 729 g/mol. The third-order valence-electron chi connectivity index (χ3n) is 11.3. The van der Waals surface area contributed by atoms with Gasteiger partial charge in [0.1, 0.15) is 0 Å². The van der Waals surface area contributed by atoms with Gasteiger partial charge in [-0.25, -0.2) is 14.8 Å². The summed E-state index contributed by atoms with van der Waals surface area (Å²) in [6.45, 7) is 12.4. The monoisotopic (exact) mass is 728 g/mol. The van der Waals surface area contributed by atoms with E-state index < -0.39 is 0 Å². The fourth-order valence-electron chi connectivity index (χ4n) is 8.32. The van der Waals surface area contributed by atoms with Crippen LogP contribution in [0.15, 0.2) is 182 Å². The summed E-state index contributed by atoms with van der Waals surface area (Å²) < 4.78 is 0. The highest BCUT2D eigenvalue weighted by molar-refractivity contribution is 5.93. The SMILES string of the molecule is [C-]#[N+]c1cccc2c1-c1ccc(-c3cc(-c4ccc5cccnc5c4)cc(-c4cc(-c5ccc(-c6ccccc6)cc5)nc(-c5ccccc5)n4)c3)cc1C2(C)C. The van der Waals surface area contributed by atoms with Gasteiger partial charge in [0.15, 0.2) is 11.5 Å². The Morgan fingerprint density at radius 3 is 1.81 bits per heavy atom. The molecule has 1 aliphatic rings. The van der Waals surface area contributed by atoms with Crippen LogP contribution in [0, 0.1) is 6.57 Å². The molecular formula is C53H36N4. The first kappa shape index (κ1) is 34.0. The van der Waals surface area contributed by atoms with Crippen molar-refractivity contribution in [2.24, 2.45) is 0 Å². The summed E-state index contributed by atoms with van der Waals surface area (Å²) in [6, 6.07) is 61.5. The van der Waals surface area contributed by atoms with E-state index in [1.165, 1.54) is 16.7 Å². The van der Waals surface area contributed by atoms with E-state index in [1.807, 2.05) is 48.7 Å². The van der Waals surface area contributed by atoms with Crippen LogP contribution in [0.25, 0.3) is 94.2 Å². The molecular weight excluding hydrogens is 693 g/mol. The van der Waals surface area contributed by atoms with Crippen molar-refractivity contribution in [1.29, 1.82) is 0 Å². The summed E-state index contributed by atoms with van der Waals surface area (Å²) in [4.78, 5) is 19.0. The standard InChI is InChI=1S/C53H36N4/c1-53(2)45-17-10-18-47(54-3)51(45)44-26-25-39(31-46(44)53)41-28-42(40-24-23-36-16-11-27-55-48(36)32-40)30-43(29-41)50-33-49(56-52(57-50)38-14-8-5-9-15-38)37-21-19-35(20-22-37)34-12-6-4-7-13-34/h4-33H,1-2H3. The van der Waals surface area contributed by atoms with Crippen LogP contribution in [0.3, 0.4) is 0 Å². The Hall–Kier alpha value is -7.48. The minimum Gasteiger partial charge on any atom is -0.256 e. The fraction of sp³-hybridized carbons (Fsp3) is 0.0566. The van der Waals surface area contributed by atoms with Gasteiger partial charge in [0.25, 0.3) is 0 Å². The zero-order chi connectivity index (χ0) is 38.5. The molecule has 0 bridgehead atoms. The molecule has 0 N–H and O–H groups in total. The quantitative estimate of drug-likeness (QED) is 0.160. The van der Waals surface area contributed by atoms with Crippen molar-refractivity contribution in [3.05, 3.63) is 205 Å². The highest BCUT2D eigenvalue weighted by atomic mass is 14.9. The Bertz CT molecular complexity index is 3030. The molecule has 0 atom stereocenters. The summed E-state index contributed by atoms with van der Waals surface area (Å²) in [5.41, 5.74) is 17.3. The van der Waals surface area contributed by atoms with Crippen molar-refractivity contribution in [3.63, 3.8) is 0 Å². The van der Waals surface area contributed by atoms with Gasteiger partial charge in [-0.3, -0.25) is 4.98 Å². The first-order valence-electron chi connectivity index (χ1n) is 19.2. The van der Waals surface area contributed by atoms with Gasteiger partial charge in [-0.2, -0.15) is 0 Å². The predicted molar refractivity (Wildman–Crippen MR) is 234 cm³/mol. The Morgan fingerprint density at radius 1 is 0.456 bits per heavy atom. The molecule has 0 amide bonds. The van der Waals surface area contributed by atoms with E-state index in [4.69, 9.17) is 21.5 Å². The van der Waals surface area contributed by atoms with Gasteiger partial charge < -0.3 is 0 Å². The predicted octanol–water partition coefficient (Wildman–Crippen LogP) is 13.9. The van der Waals surface area contributed by atoms with Gasteiger partial charge in [-0.1, -0.05) is 147 Å². The van der Waals surface area contributed by atoms with E-state index in [1.54, 1.807) is 0 Å². The van der Waals surface area contributed by atoms with Crippen LogP contribution in [0.2, 0.25) is 0 Å². The fourth-order valence-corrected chi connectivity index (χ4v) is 8.32. The number of fused-ring (bicyclic) bond motifs is 4. The number of pyridine rings is 1. The molecule has 0 saturated carbocycles. The van der Waals surface area contributed by atoms with Gasteiger partial charge in [-0.05, 0) is 98.1 Å². The Labute approximate surface area is 332 Å². The van der Waals surface area contributed by atoms with Crippen molar-refractivity contribution >= 4 is 16.6 Å². The molecule has 9 aromatic rings. The Morgan fingerprint density at radius 2 is 1.07 bits per heavy atom. The molecule has 0 radical (unpaired) electrons. The van der Waals surface area contributed by atoms with Crippen LogP contribution in [-0.2, 0) is 5.41 Å². The second-order valence-electron chi connectivity index (χ2n) is 15.2. The van der Waals surface area contributed by atoms with E-state index in [0.29, 0.717) is 11.5 Å². The molecule has 7 aromatic carbocycles. The molecule has 0 fully saturated rings. The van der Waals surface area contributed by atoms with Crippen LogP contribution < -0.4 is 0 Å². The maximum absolute atomic E-state index is 7.92. The second-order valence-corrected chi connectivity index (χ2v) is 15.2. The number of hydrogen-bond acceptors (Lipinski definition) is 3. The lowest BCUT2D eigenvalue weighted by molar-refractivity contribution is 0.661. The van der Waals surface area contributed by atoms with Gasteiger partial charge in [0.2, 0.25) is 0 Å². The first-order valence-corrected chi connectivity index (χ1v) is 19.2. The summed E-state index contributed by atoms with van der Waals surface area (Å²) in [5, 5.41) is 1.10. The molecule has 0 spiro atoms. The van der Waals surface area contributed by atoms with Crippen LogP contribution >= 0.6 is 0 Å². The number of benzene rings is 7. The number of rotatable bonds is 6. The van der Waals surface area contributed by atoms with Gasteiger partial charge in [-0.15, -0.1) is 0 Å². The number of aromatic nitrogens is 3. The van der Waals surface area contributed by atoms with Gasteiger partial charge in [0, 0.05) is 33.7 Å². The lowest BCUT2D eigenvalue weighted by atomic mass is 9.81. The van der Waals surface area contributed by atoms with E-state index in [-0.39, 0.29) is 5.41 Å². The third-order valence-corrected chi connectivity index (χ3v) is 11.3. The smallest absolute Gasteiger partial charge is 0.195 e. The Kier molecular flexibility index (Phi) is 8.17. The Balaban J connectivity index is 1.16. The molecule has 2 aromatic heterocycles. The maximum atomic E-state index is 7.92. The molecule has 268 valence electrons. The normalized spacial score (nSPS) is 12.5. The second kappa shape index (κ2) is 13.7. The van der Waals surface area contributed by atoms with Crippen molar-refractivity contribution < 1.29 is 0 Å². The van der Waals surface area contributed by atoms with Gasteiger partial charge >= 0.3 is 0 Å². The molecule has 2 heterocycles. The van der Waals surface area contributed by atoms with E-state index in [0.717, 1.165) is 77.9 Å². The summed E-state index contributed by atoms with van der Waals surface area (Å²) >= 11 is 0. The minimum atomic E-state index is -0.256. The molecule has 10 rings (SSSR count). The van der Waals surface area contributed by atoms with E-state index in [2.05, 4.69) is 152 Å². The summed E-state index contributed by atoms with van der Waals surface area (Å²) in [7, 11) is 0. The summed E-state index contributed by atoms with van der Waals surface area (Å²) in [5.74, 6) is 0.671. The molecule has 1 aliphatic carbocycles. The average Bonchev–Trinajstić information content (AvgIpc) is 3.51. The molecule has 0 unspecified atom stereocenters. The highest BCUT2D eigenvalue weighted by Gasteiger charge is 2.36. The molecule has 4 nitrogen and oxygen atoms in total. The first-order chi connectivity index (χ1) is 27.9. The van der Waals surface area contributed by atoms with Crippen molar-refractivity contribution in [3.8, 4) is 78.4 Å². The van der Waals surface area contributed by atoms with Gasteiger partial charge in [0.05, 0.1) is 23.5 Å². The lowest BCUT2D eigenvalue weighted by Gasteiger charge is -2.22. The molecule has 0 saturated heterocycles. The van der Waals surface area contributed by atoms with Crippen LogP contribution in [0.1, 0.15) is 25.0 Å².